The minimum absolute atomic E-state index is 0.0275. The second-order valence-corrected chi connectivity index (χ2v) is 3.63. The highest BCUT2D eigenvalue weighted by Gasteiger charge is 2.16. The third kappa shape index (κ3) is 2.29. The first-order chi connectivity index (χ1) is 6.57. The second-order valence-electron chi connectivity index (χ2n) is 2.84. The molecule has 0 aliphatic heterocycles. The number of hydrogen-bond donors (Lipinski definition) is 2. The number of hydrogen-bond acceptors (Lipinski definition) is 2. The molecule has 0 heterocycles. The third-order valence-electron chi connectivity index (χ3n) is 1.82. The van der Waals surface area contributed by atoms with Crippen molar-refractivity contribution < 1.29 is 13.9 Å². The summed E-state index contributed by atoms with van der Waals surface area (Å²) in [6.45, 7) is 0.281. The second kappa shape index (κ2) is 4.82. The molecule has 0 fully saturated rings. The molecule has 0 saturated heterocycles. The maximum atomic E-state index is 13.0. The van der Waals surface area contributed by atoms with Crippen molar-refractivity contribution in [2.75, 3.05) is 13.6 Å². The minimum Gasteiger partial charge on any atom is -0.387 e. The van der Waals surface area contributed by atoms with Crippen LogP contribution < -0.4 is 5.32 Å². The fourth-order valence-electron chi connectivity index (χ4n) is 1.10. The Morgan fingerprint density at radius 1 is 1.50 bits per heavy atom. The summed E-state index contributed by atoms with van der Waals surface area (Å²) in [5, 5.41) is 12.3. The van der Waals surface area contributed by atoms with E-state index in [1.54, 1.807) is 7.05 Å². The lowest BCUT2D eigenvalue weighted by molar-refractivity contribution is 0.176. The molecule has 1 atom stereocenters. The van der Waals surface area contributed by atoms with Crippen molar-refractivity contribution in [2.24, 2.45) is 0 Å². The van der Waals surface area contributed by atoms with E-state index in [1.165, 1.54) is 6.07 Å². The van der Waals surface area contributed by atoms with Crippen LogP contribution in [0.1, 0.15) is 11.7 Å². The van der Waals surface area contributed by atoms with Crippen LogP contribution in [0.3, 0.4) is 0 Å². The molecule has 14 heavy (non-hydrogen) atoms. The topological polar surface area (TPSA) is 32.3 Å². The van der Waals surface area contributed by atoms with Gasteiger partial charge < -0.3 is 10.4 Å². The van der Waals surface area contributed by atoms with Crippen LogP contribution in [-0.4, -0.2) is 18.7 Å². The molecule has 1 aromatic rings. The van der Waals surface area contributed by atoms with Gasteiger partial charge in [0.2, 0.25) is 0 Å². The summed E-state index contributed by atoms with van der Waals surface area (Å²) >= 11 is 2.90. The highest BCUT2D eigenvalue weighted by Crippen LogP contribution is 2.27. The quantitative estimate of drug-likeness (QED) is 0.820. The standard InChI is InChI=1S/C9H10BrF2NO/c1-13-4-7(14)5-2-3-6(11)9(12)8(5)10/h2-3,7,13-14H,4H2,1H3. The maximum absolute atomic E-state index is 13.0. The Labute approximate surface area is 89.1 Å². The summed E-state index contributed by atoms with van der Waals surface area (Å²) in [6, 6.07) is 2.35. The van der Waals surface area contributed by atoms with Crippen molar-refractivity contribution in [3.63, 3.8) is 0 Å². The molecular weight excluding hydrogens is 256 g/mol. The molecule has 2 N–H and O–H groups in total. The lowest BCUT2D eigenvalue weighted by atomic mass is 10.1. The van der Waals surface area contributed by atoms with Crippen LogP contribution in [0.5, 0.6) is 0 Å². The van der Waals surface area contributed by atoms with Gasteiger partial charge in [-0.25, -0.2) is 8.78 Å². The Kier molecular flexibility index (Phi) is 3.97. The van der Waals surface area contributed by atoms with E-state index >= 15 is 0 Å². The number of benzene rings is 1. The van der Waals surface area contributed by atoms with Gasteiger partial charge in [0, 0.05) is 6.54 Å². The van der Waals surface area contributed by atoms with Gasteiger partial charge in [0.15, 0.2) is 11.6 Å². The van der Waals surface area contributed by atoms with Crippen LogP contribution in [0.15, 0.2) is 16.6 Å². The van der Waals surface area contributed by atoms with Gasteiger partial charge in [0.05, 0.1) is 10.6 Å². The zero-order chi connectivity index (χ0) is 10.7. The average molecular weight is 266 g/mol. The van der Waals surface area contributed by atoms with Gasteiger partial charge in [-0.15, -0.1) is 0 Å². The van der Waals surface area contributed by atoms with Gasteiger partial charge in [-0.05, 0) is 34.6 Å². The molecule has 0 bridgehead atoms. The molecule has 5 heteroatoms. The molecule has 0 aliphatic rings. The van der Waals surface area contributed by atoms with Crippen LogP contribution in [0.2, 0.25) is 0 Å². The molecular formula is C9H10BrF2NO. The van der Waals surface area contributed by atoms with Gasteiger partial charge in [-0.3, -0.25) is 0 Å². The van der Waals surface area contributed by atoms with Gasteiger partial charge in [-0.1, -0.05) is 6.07 Å². The number of likely N-dealkylation sites (N-methyl/N-ethyl adjacent to an activating group) is 1. The highest BCUT2D eigenvalue weighted by molar-refractivity contribution is 9.10. The highest BCUT2D eigenvalue weighted by atomic mass is 79.9. The number of halogens is 3. The van der Waals surface area contributed by atoms with E-state index in [0.717, 1.165) is 6.07 Å². The van der Waals surface area contributed by atoms with Gasteiger partial charge in [-0.2, -0.15) is 0 Å². The minimum atomic E-state index is -0.974. The molecule has 1 aromatic carbocycles. The molecule has 2 nitrogen and oxygen atoms in total. The van der Waals surface area contributed by atoms with Crippen LogP contribution >= 0.6 is 15.9 Å². The predicted octanol–water partition coefficient (Wildman–Crippen LogP) is 1.98. The first-order valence-corrected chi connectivity index (χ1v) is 4.83. The first-order valence-electron chi connectivity index (χ1n) is 4.04. The van der Waals surface area contributed by atoms with E-state index in [-0.39, 0.29) is 11.0 Å². The molecule has 0 spiro atoms. The van der Waals surface area contributed by atoms with E-state index < -0.39 is 17.7 Å². The van der Waals surface area contributed by atoms with Crippen molar-refractivity contribution in [2.45, 2.75) is 6.10 Å². The van der Waals surface area contributed by atoms with Crippen LogP contribution in [0, 0.1) is 11.6 Å². The molecule has 0 saturated carbocycles. The SMILES string of the molecule is CNCC(O)c1ccc(F)c(F)c1Br. The van der Waals surface area contributed by atoms with E-state index in [1.807, 2.05) is 0 Å². The van der Waals surface area contributed by atoms with E-state index in [0.29, 0.717) is 5.56 Å². The van der Waals surface area contributed by atoms with Crippen LogP contribution in [0.25, 0.3) is 0 Å². The van der Waals surface area contributed by atoms with Crippen molar-refractivity contribution in [1.82, 2.24) is 5.32 Å². The van der Waals surface area contributed by atoms with Crippen molar-refractivity contribution in [1.29, 1.82) is 0 Å². The zero-order valence-electron chi connectivity index (χ0n) is 7.52. The fourth-order valence-corrected chi connectivity index (χ4v) is 1.69. The van der Waals surface area contributed by atoms with Crippen molar-refractivity contribution >= 4 is 15.9 Å². The fraction of sp³-hybridized carbons (Fsp3) is 0.333. The Balaban J connectivity index is 3.04. The number of aliphatic hydroxyl groups is 1. The van der Waals surface area contributed by atoms with Gasteiger partial charge in [0.25, 0.3) is 0 Å². The largest absolute Gasteiger partial charge is 0.387 e. The summed E-state index contributed by atoms with van der Waals surface area (Å²) in [5.41, 5.74) is 0.332. The number of aliphatic hydroxyl groups excluding tert-OH is 1. The average Bonchev–Trinajstić information content (AvgIpc) is 2.15. The molecule has 78 valence electrons. The number of nitrogens with one attached hydrogen (secondary N) is 1. The molecule has 0 amide bonds. The third-order valence-corrected chi connectivity index (χ3v) is 2.63. The predicted molar refractivity (Wildman–Crippen MR) is 52.9 cm³/mol. The summed E-state index contributed by atoms with van der Waals surface area (Å²) < 4.78 is 25.7. The van der Waals surface area contributed by atoms with Crippen LogP contribution in [0.4, 0.5) is 8.78 Å². The molecule has 0 aliphatic carbocycles. The Hall–Kier alpha value is -0.520. The summed E-state index contributed by atoms with van der Waals surface area (Å²) in [6.07, 6.45) is -0.857. The van der Waals surface area contributed by atoms with Crippen LogP contribution in [-0.2, 0) is 0 Å². The zero-order valence-corrected chi connectivity index (χ0v) is 9.11. The van der Waals surface area contributed by atoms with E-state index in [2.05, 4.69) is 21.2 Å². The molecule has 0 aromatic heterocycles. The van der Waals surface area contributed by atoms with E-state index in [9.17, 15) is 13.9 Å². The monoisotopic (exact) mass is 265 g/mol. The molecule has 1 unspecified atom stereocenters. The Morgan fingerprint density at radius 2 is 2.14 bits per heavy atom. The first kappa shape index (κ1) is 11.6. The molecule has 0 radical (unpaired) electrons. The van der Waals surface area contributed by atoms with Gasteiger partial charge >= 0.3 is 0 Å². The van der Waals surface area contributed by atoms with Crippen molar-refractivity contribution in [3.05, 3.63) is 33.8 Å². The molecule has 1 rings (SSSR count). The number of rotatable bonds is 3. The summed E-state index contributed by atoms with van der Waals surface area (Å²) in [5.74, 6) is -1.91. The van der Waals surface area contributed by atoms with Crippen molar-refractivity contribution in [3.8, 4) is 0 Å². The van der Waals surface area contributed by atoms with E-state index in [4.69, 9.17) is 0 Å². The lowest BCUT2D eigenvalue weighted by Gasteiger charge is -2.12. The summed E-state index contributed by atoms with van der Waals surface area (Å²) in [4.78, 5) is 0. The van der Waals surface area contributed by atoms with Gasteiger partial charge in [0.1, 0.15) is 0 Å². The normalized spacial score (nSPS) is 12.9. The summed E-state index contributed by atoms with van der Waals surface area (Å²) in [7, 11) is 1.66. The lowest BCUT2D eigenvalue weighted by Crippen LogP contribution is -2.17. The smallest absolute Gasteiger partial charge is 0.173 e. The Bertz CT molecular complexity index is 333. The maximum Gasteiger partial charge on any atom is 0.173 e. The Morgan fingerprint density at radius 3 is 2.71 bits per heavy atom.